The van der Waals surface area contributed by atoms with Gasteiger partial charge in [0.1, 0.15) is 5.69 Å². The lowest BCUT2D eigenvalue weighted by atomic mass is 10.2. The van der Waals surface area contributed by atoms with Crippen molar-refractivity contribution in [3.63, 3.8) is 0 Å². The molecule has 1 N–H and O–H groups in total. The van der Waals surface area contributed by atoms with Crippen molar-refractivity contribution in [3.05, 3.63) is 21.5 Å². The standard InChI is InChI=1S/C9H14N4O3/c1-5(2)10-9(14)8-7(13(15)16)6(3)11-12(8)4/h5H,1-4H3,(H,10,14). The molecule has 16 heavy (non-hydrogen) atoms. The van der Waals surface area contributed by atoms with E-state index >= 15 is 0 Å². The number of nitrogens with one attached hydrogen (secondary N) is 1. The summed E-state index contributed by atoms with van der Waals surface area (Å²) in [5, 5.41) is 17.3. The third-order valence-electron chi connectivity index (χ3n) is 2.01. The summed E-state index contributed by atoms with van der Waals surface area (Å²) in [5.74, 6) is -0.482. The van der Waals surface area contributed by atoms with Crippen LogP contribution in [0.3, 0.4) is 0 Å². The Morgan fingerprint density at radius 2 is 2.12 bits per heavy atom. The Morgan fingerprint density at radius 3 is 2.56 bits per heavy atom. The molecule has 7 nitrogen and oxygen atoms in total. The average Bonchev–Trinajstić information content (AvgIpc) is 2.39. The van der Waals surface area contributed by atoms with E-state index in [1.54, 1.807) is 13.8 Å². The van der Waals surface area contributed by atoms with E-state index < -0.39 is 10.8 Å². The van der Waals surface area contributed by atoms with E-state index in [4.69, 9.17) is 0 Å². The van der Waals surface area contributed by atoms with Gasteiger partial charge in [0.05, 0.1) is 4.92 Å². The highest BCUT2D eigenvalue weighted by Gasteiger charge is 2.29. The van der Waals surface area contributed by atoms with E-state index in [-0.39, 0.29) is 23.1 Å². The van der Waals surface area contributed by atoms with Gasteiger partial charge in [-0.05, 0) is 20.8 Å². The molecule has 0 aliphatic rings. The van der Waals surface area contributed by atoms with Gasteiger partial charge in [-0.15, -0.1) is 0 Å². The first-order chi connectivity index (χ1) is 7.34. The number of hydrogen-bond donors (Lipinski definition) is 1. The summed E-state index contributed by atoms with van der Waals surface area (Å²) < 4.78 is 1.23. The largest absolute Gasteiger partial charge is 0.348 e. The molecular formula is C9H14N4O3. The van der Waals surface area contributed by atoms with Crippen molar-refractivity contribution in [1.82, 2.24) is 15.1 Å². The highest BCUT2D eigenvalue weighted by atomic mass is 16.6. The minimum atomic E-state index is -0.586. The molecule has 88 valence electrons. The zero-order valence-corrected chi connectivity index (χ0v) is 9.64. The Morgan fingerprint density at radius 1 is 1.56 bits per heavy atom. The van der Waals surface area contributed by atoms with E-state index in [0.29, 0.717) is 0 Å². The van der Waals surface area contributed by atoms with Gasteiger partial charge in [-0.1, -0.05) is 0 Å². The molecular weight excluding hydrogens is 212 g/mol. The maximum Gasteiger partial charge on any atom is 0.322 e. The minimum Gasteiger partial charge on any atom is -0.348 e. The summed E-state index contributed by atoms with van der Waals surface area (Å²) in [6.45, 7) is 5.07. The van der Waals surface area contributed by atoms with Crippen LogP contribution in [0.1, 0.15) is 30.0 Å². The summed E-state index contributed by atoms with van der Waals surface area (Å²) in [5.41, 5.74) is -0.0155. The van der Waals surface area contributed by atoms with E-state index in [0.717, 1.165) is 0 Å². The number of aromatic nitrogens is 2. The maximum absolute atomic E-state index is 11.7. The molecule has 0 saturated carbocycles. The lowest BCUT2D eigenvalue weighted by molar-refractivity contribution is -0.385. The number of carbonyl (C=O) groups excluding carboxylic acids is 1. The Kier molecular flexibility index (Phi) is 3.26. The second kappa shape index (κ2) is 4.30. The molecule has 1 aromatic rings. The molecule has 1 aromatic heterocycles. The van der Waals surface area contributed by atoms with E-state index in [1.165, 1.54) is 18.7 Å². The minimum absolute atomic E-state index is 0.0174. The summed E-state index contributed by atoms with van der Waals surface area (Å²) in [6, 6.07) is -0.0812. The van der Waals surface area contributed by atoms with Gasteiger partial charge < -0.3 is 5.32 Å². The summed E-state index contributed by atoms with van der Waals surface area (Å²) in [7, 11) is 1.51. The molecule has 0 bridgehead atoms. The summed E-state index contributed by atoms with van der Waals surface area (Å²) in [4.78, 5) is 22.0. The number of aryl methyl sites for hydroxylation is 2. The maximum atomic E-state index is 11.7. The van der Waals surface area contributed by atoms with Crippen LogP contribution in [0, 0.1) is 17.0 Å². The Labute approximate surface area is 92.6 Å². The Bertz CT molecular complexity index is 436. The third kappa shape index (κ3) is 2.18. The fourth-order valence-corrected chi connectivity index (χ4v) is 1.45. The normalized spacial score (nSPS) is 10.6. The fraction of sp³-hybridized carbons (Fsp3) is 0.556. The highest BCUT2D eigenvalue weighted by Crippen LogP contribution is 2.21. The highest BCUT2D eigenvalue weighted by molar-refractivity contribution is 5.97. The molecule has 0 atom stereocenters. The smallest absolute Gasteiger partial charge is 0.322 e. The van der Waals surface area contributed by atoms with Gasteiger partial charge in [-0.2, -0.15) is 5.10 Å². The van der Waals surface area contributed by atoms with Gasteiger partial charge in [0.15, 0.2) is 0 Å². The van der Waals surface area contributed by atoms with Gasteiger partial charge in [0.25, 0.3) is 5.91 Å². The van der Waals surface area contributed by atoms with Crippen molar-refractivity contribution in [2.24, 2.45) is 7.05 Å². The van der Waals surface area contributed by atoms with Crippen LogP contribution in [0.25, 0.3) is 0 Å². The van der Waals surface area contributed by atoms with Crippen molar-refractivity contribution in [3.8, 4) is 0 Å². The molecule has 0 fully saturated rings. The van der Waals surface area contributed by atoms with Gasteiger partial charge >= 0.3 is 5.69 Å². The first-order valence-corrected chi connectivity index (χ1v) is 4.83. The van der Waals surface area contributed by atoms with E-state index in [9.17, 15) is 14.9 Å². The monoisotopic (exact) mass is 226 g/mol. The predicted octanol–water partition coefficient (Wildman–Crippen LogP) is 0.775. The molecule has 1 rings (SSSR count). The van der Waals surface area contributed by atoms with Crippen LogP contribution >= 0.6 is 0 Å². The lowest BCUT2D eigenvalue weighted by Crippen LogP contribution is -2.32. The first kappa shape index (κ1) is 12.2. The molecule has 0 spiro atoms. The summed E-state index contributed by atoms with van der Waals surface area (Å²) >= 11 is 0. The molecule has 1 amide bonds. The number of rotatable bonds is 3. The van der Waals surface area contributed by atoms with Crippen molar-refractivity contribution < 1.29 is 9.72 Å². The lowest BCUT2D eigenvalue weighted by Gasteiger charge is -2.07. The molecule has 1 heterocycles. The van der Waals surface area contributed by atoms with Crippen molar-refractivity contribution >= 4 is 11.6 Å². The van der Waals surface area contributed by atoms with Crippen LogP contribution in [0.2, 0.25) is 0 Å². The molecule has 0 aliphatic carbocycles. The van der Waals surface area contributed by atoms with E-state index in [2.05, 4.69) is 10.4 Å². The van der Waals surface area contributed by atoms with Crippen LogP contribution in [0.15, 0.2) is 0 Å². The Hall–Kier alpha value is -1.92. The number of hydrogen-bond acceptors (Lipinski definition) is 4. The quantitative estimate of drug-likeness (QED) is 0.609. The van der Waals surface area contributed by atoms with Crippen molar-refractivity contribution in [2.75, 3.05) is 0 Å². The van der Waals surface area contributed by atoms with Gasteiger partial charge in [0.2, 0.25) is 5.69 Å². The predicted molar refractivity (Wildman–Crippen MR) is 57.2 cm³/mol. The number of amides is 1. The van der Waals surface area contributed by atoms with Crippen LogP contribution < -0.4 is 5.32 Å². The van der Waals surface area contributed by atoms with E-state index in [1.807, 2.05) is 0 Å². The van der Waals surface area contributed by atoms with Gasteiger partial charge in [0, 0.05) is 13.1 Å². The third-order valence-corrected chi connectivity index (χ3v) is 2.01. The van der Waals surface area contributed by atoms with Gasteiger partial charge in [-0.25, -0.2) is 0 Å². The number of carbonyl (C=O) groups is 1. The topological polar surface area (TPSA) is 90.1 Å². The van der Waals surface area contributed by atoms with Gasteiger partial charge in [-0.3, -0.25) is 19.6 Å². The number of nitrogens with zero attached hydrogens (tertiary/aromatic N) is 3. The average molecular weight is 226 g/mol. The molecule has 0 aliphatic heterocycles. The van der Waals surface area contributed by atoms with Crippen molar-refractivity contribution in [1.29, 1.82) is 0 Å². The zero-order valence-electron chi connectivity index (χ0n) is 9.64. The first-order valence-electron chi connectivity index (χ1n) is 4.83. The summed E-state index contributed by atoms with van der Waals surface area (Å²) in [6.07, 6.45) is 0. The molecule has 0 radical (unpaired) electrons. The van der Waals surface area contributed by atoms with Crippen LogP contribution in [0.5, 0.6) is 0 Å². The molecule has 0 saturated heterocycles. The van der Waals surface area contributed by atoms with Crippen LogP contribution in [-0.2, 0) is 7.05 Å². The second-order valence-electron chi connectivity index (χ2n) is 3.79. The molecule has 0 unspecified atom stereocenters. The molecule has 0 aromatic carbocycles. The fourth-order valence-electron chi connectivity index (χ4n) is 1.45. The zero-order chi connectivity index (χ0) is 12.5. The Balaban J connectivity index is 3.21. The molecule has 7 heteroatoms. The number of nitro groups is 1. The van der Waals surface area contributed by atoms with Crippen LogP contribution in [-0.4, -0.2) is 26.7 Å². The van der Waals surface area contributed by atoms with Crippen molar-refractivity contribution in [2.45, 2.75) is 26.8 Å². The second-order valence-corrected chi connectivity index (χ2v) is 3.79. The SMILES string of the molecule is Cc1nn(C)c(C(=O)NC(C)C)c1[N+](=O)[O-]. The van der Waals surface area contributed by atoms with Crippen LogP contribution in [0.4, 0.5) is 5.69 Å².